The molecule has 2 saturated heterocycles. The van der Waals surface area contributed by atoms with Gasteiger partial charge >= 0.3 is 6.03 Å². The molecule has 2 heterocycles. The van der Waals surface area contributed by atoms with Crippen molar-refractivity contribution in [3.8, 4) is 0 Å². The Morgan fingerprint density at radius 2 is 1.75 bits per heavy atom. The van der Waals surface area contributed by atoms with Crippen LogP contribution in [0.5, 0.6) is 0 Å². The average molecular weight is 323 g/mol. The van der Waals surface area contributed by atoms with Crippen LogP contribution >= 0.6 is 0 Å². The van der Waals surface area contributed by atoms with Gasteiger partial charge in [0.05, 0.1) is 6.67 Å². The number of benzene rings is 2. The first-order valence-corrected chi connectivity index (χ1v) is 8.44. The van der Waals surface area contributed by atoms with Gasteiger partial charge in [0.25, 0.3) is 5.91 Å². The second-order valence-corrected chi connectivity index (χ2v) is 6.78. The standard InChI is InChI=1S/C19H21N3O2/c1-19(16-10-6-8-14-7-2-3-9-15(14)16)17(23)22(18(24)20-19)13-21-11-4-5-12-21/h2-3,6-10H,4-5,11-13H2,1H3,(H,20,24)/t19-/m1/s1. The molecule has 2 aliphatic heterocycles. The molecule has 124 valence electrons. The molecule has 0 aromatic heterocycles. The summed E-state index contributed by atoms with van der Waals surface area (Å²) < 4.78 is 0. The minimum Gasteiger partial charge on any atom is -0.319 e. The Balaban J connectivity index is 1.71. The van der Waals surface area contributed by atoms with E-state index in [-0.39, 0.29) is 11.9 Å². The third-order valence-electron chi connectivity index (χ3n) is 5.14. The van der Waals surface area contributed by atoms with E-state index in [2.05, 4.69) is 10.2 Å². The predicted molar refractivity (Wildman–Crippen MR) is 92.4 cm³/mol. The number of hydrogen-bond donors (Lipinski definition) is 1. The number of imide groups is 1. The van der Waals surface area contributed by atoms with Gasteiger partial charge in [0.1, 0.15) is 5.54 Å². The third-order valence-corrected chi connectivity index (χ3v) is 5.14. The summed E-state index contributed by atoms with van der Waals surface area (Å²) in [5.41, 5.74) is -0.166. The van der Waals surface area contributed by atoms with Crippen molar-refractivity contribution in [2.24, 2.45) is 0 Å². The number of urea groups is 1. The van der Waals surface area contributed by atoms with Gasteiger partial charge in [0.2, 0.25) is 0 Å². The Hall–Kier alpha value is -2.40. The van der Waals surface area contributed by atoms with Gasteiger partial charge < -0.3 is 5.32 Å². The van der Waals surface area contributed by atoms with E-state index >= 15 is 0 Å². The van der Waals surface area contributed by atoms with Crippen LogP contribution in [0, 0.1) is 0 Å². The first-order valence-electron chi connectivity index (χ1n) is 8.44. The normalized spacial score (nSPS) is 24.8. The van der Waals surface area contributed by atoms with Crippen molar-refractivity contribution >= 4 is 22.7 Å². The maximum atomic E-state index is 13.1. The second kappa shape index (κ2) is 5.60. The Morgan fingerprint density at radius 3 is 2.54 bits per heavy atom. The highest BCUT2D eigenvalue weighted by atomic mass is 16.2. The summed E-state index contributed by atoms with van der Waals surface area (Å²) in [5.74, 6) is -0.171. The topological polar surface area (TPSA) is 52.7 Å². The van der Waals surface area contributed by atoms with Crippen LogP contribution in [0.3, 0.4) is 0 Å². The molecule has 1 N–H and O–H groups in total. The van der Waals surface area contributed by atoms with Gasteiger partial charge in [-0.15, -0.1) is 0 Å². The van der Waals surface area contributed by atoms with Crippen molar-refractivity contribution in [1.82, 2.24) is 15.1 Å². The number of nitrogens with zero attached hydrogens (tertiary/aromatic N) is 2. The molecule has 1 atom stereocenters. The van der Waals surface area contributed by atoms with Crippen molar-refractivity contribution in [3.05, 3.63) is 48.0 Å². The van der Waals surface area contributed by atoms with Gasteiger partial charge in [-0.2, -0.15) is 0 Å². The predicted octanol–water partition coefficient (Wildman–Crippen LogP) is 2.66. The maximum Gasteiger partial charge on any atom is 0.326 e. The molecule has 0 radical (unpaired) electrons. The SMILES string of the molecule is C[C@]1(c2cccc3ccccc23)NC(=O)N(CN2CCCC2)C1=O. The van der Waals surface area contributed by atoms with Crippen molar-refractivity contribution in [3.63, 3.8) is 0 Å². The molecule has 0 bridgehead atoms. The highest BCUT2D eigenvalue weighted by Crippen LogP contribution is 2.34. The molecule has 5 heteroatoms. The van der Waals surface area contributed by atoms with Crippen molar-refractivity contribution in [1.29, 1.82) is 0 Å². The number of amides is 3. The van der Waals surface area contributed by atoms with E-state index in [0.29, 0.717) is 6.67 Å². The number of fused-ring (bicyclic) bond motifs is 1. The number of likely N-dealkylation sites (tertiary alicyclic amines) is 1. The van der Waals surface area contributed by atoms with Crippen molar-refractivity contribution in [2.75, 3.05) is 19.8 Å². The lowest BCUT2D eigenvalue weighted by molar-refractivity contribution is -0.132. The fourth-order valence-electron chi connectivity index (χ4n) is 3.79. The molecule has 2 aliphatic rings. The largest absolute Gasteiger partial charge is 0.326 e. The van der Waals surface area contributed by atoms with Gasteiger partial charge in [-0.1, -0.05) is 42.5 Å². The number of hydrogen-bond acceptors (Lipinski definition) is 3. The van der Waals surface area contributed by atoms with Crippen molar-refractivity contribution < 1.29 is 9.59 Å². The monoisotopic (exact) mass is 323 g/mol. The van der Waals surface area contributed by atoms with Crippen LogP contribution in [0.4, 0.5) is 4.79 Å². The molecule has 3 amide bonds. The average Bonchev–Trinajstić information content (AvgIpc) is 3.18. The molecular formula is C19H21N3O2. The van der Waals surface area contributed by atoms with Crippen molar-refractivity contribution in [2.45, 2.75) is 25.3 Å². The molecule has 4 rings (SSSR count). The summed E-state index contributed by atoms with van der Waals surface area (Å²) >= 11 is 0. The number of carbonyl (C=O) groups is 2. The smallest absolute Gasteiger partial charge is 0.319 e. The fourth-order valence-corrected chi connectivity index (χ4v) is 3.79. The fraction of sp³-hybridized carbons (Fsp3) is 0.368. The van der Waals surface area contributed by atoms with Crippen LogP contribution in [0.25, 0.3) is 10.8 Å². The van der Waals surface area contributed by atoms with Gasteiger partial charge in [-0.3, -0.25) is 9.69 Å². The van der Waals surface area contributed by atoms with E-state index in [4.69, 9.17) is 0 Å². The van der Waals surface area contributed by atoms with Gasteiger partial charge in [-0.25, -0.2) is 9.69 Å². The Labute approximate surface area is 141 Å². The molecular weight excluding hydrogens is 302 g/mol. The van der Waals surface area contributed by atoms with E-state index in [0.717, 1.165) is 42.3 Å². The lowest BCUT2D eigenvalue weighted by Gasteiger charge is -2.25. The molecule has 0 aliphatic carbocycles. The van der Waals surface area contributed by atoms with Crippen LogP contribution in [0.15, 0.2) is 42.5 Å². The van der Waals surface area contributed by atoms with Gasteiger partial charge in [0.15, 0.2) is 0 Å². The number of nitrogens with one attached hydrogen (secondary N) is 1. The summed E-state index contributed by atoms with van der Waals surface area (Å²) in [4.78, 5) is 29.1. The van der Waals surface area contributed by atoms with Gasteiger partial charge in [-0.05, 0) is 49.2 Å². The minimum absolute atomic E-state index is 0.171. The Morgan fingerprint density at radius 1 is 1.04 bits per heavy atom. The molecule has 2 aromatic carbocycles. The molecule has 24 heavy (non-hydrogen) atoms. The van der Waals surface area contributed by atoms with Crippen LogP contribution in [-0.2, 0) is 10.3 Å². The van der Waals surface area contributed by atoms with E-state index in [1.165, 1.54) is 4.90 Å². The quantitative estimate of drug-likeness (QED) is 0.884. The van der Waals surface area contributed by atoms with Crippen LogP contribution in [-0.4, -0.2) is 41.5 Å². The number of rotatable bonds is 3. The Bertz CT molecular complexity index is 808. The summed E-state index contributed by atoms with van der Waals surface area (Å²) in [6.07, 6.45) is 2.26. The zero-order valence-electron chi connectivity index (χ0n) is 13.8. The van der Waals surface area contributed by atoms with E-state index in [9.17, 15) is 9.59 Å². The van der Waals surface area contributed by atoms with Crippen LogP contribution < -0.4 is 5.32 Å². The first-order chi connectivity index (χ1) is 11.6. The second-order valence-electron chi connectivity index (χ2n) is 6.78. The van der Waals surface area contributed by atoms with E-state index in [1.54, 1.807) is 6.92 Å². The summed E-state index contributed by atoms with van der Waals surface area (Å²) in [6.45, 7) is 4.08. The van der Waals surface area contributed by atoms with Crippen LogP contribution in [0.2, 0.25) is 0 Å². The van der Waals surface area contributed by atoms with E-state index in [1.807, 2.05) is 42.5 Å². The molecule has 0 unspecified atom stereocenters. The summed E-state index contributed by atoms with van der Waals surface area (Å²) in [7, 11) is 0. The zero-order valence-corrected chi connectivity index (χ0v) is 13.8. The number of carbonyl (C=O) groups excluding carboxylic acids is 2. The zero-order chi connectivity index (χ0) is 16.7. The van der Waals surface area contributed by atoms with E-state index < -0.39 is 5.54 Å². The summed E-state index contributed by atoms with van der Waals surface area (Å²) in [6, 6.07) is 13.5. The Kier molecular flexibility index (Phi) is 3.53. The lowest BCUT2D eigenvalue weighted by atomic mass is 9.88. The third kappa shape index (κ3) is 2.27. The highest BCUT2D eigenvalue weighted by Gasteiger charge is 2.49. The van der Waals surface area contributed by atoms with Gasteiger partial charge in [0, 0.05) is 0 Å². The van der Waals surface area contributed by atoms with Crippen LogP contribution in [0.1, 0.15) is 25.3 Å². The first kappa shape index (κ1) is 15.1. The minimum atomic E-state index is -1.02. The highest BCUT2D eigenvalue weighted by molar-refractivity contribution is 6.09. The molecule has 5 nitrogen and oxygen atoms in total. The molecule has 0 spiro atoms. The molecule has 0 saturated carbocycles. The maximum absolute atomic E-state index is 13.1. The molecule has 2 fully saturated rings. The molecule has 2 aromatic rings. The summed E-state index contributed by atoms with van der Waals surface area (Å²) in [5, 5.41) is 4.99. The lowest BCUT2D eigenvalue weighted by Crippen LogP contribution is -2.43.